The number of fused-ring (bicyclic) bond motifs is 1. The van der Waals surface area contributed by atoms with Crippen LogP contribution in [0, 0.1) is 18.3 Å². The summed E-state index contributed by atoms with van der Waals surface area (Å²) in [5.74, 6) is 0. The summed E-state index contributed by atoms with van der Waals surface area (Å²) in [5, 5.41) is 18.6. The average molecular weight is 209 g/mol. The van der Waals surface area contributed by atoms with Crippen LogP contribution in [-0.4, -0.2) is 10.1 Å². The van der Waals surface area contributed by atoms with Gasteiger partial charge in [-0.3, -0.25) is 0 Å². The summed E-state index contributed by atoms with van der Waals surface area (Å²) in [5.41, 5.74) is 2.92. The van der Waals surface area contributed by atoms with E-state index in [9.17, 15) is 5.11 Å². The van der Waals surface area contributed by atoms with Crippen molar-refractivity contribution in [3.05, 3.63) is 27.5 Å². The minimum absolute atomic E-state index is 0.199. The Hall–Kier alpha value is -1.11. The highest BCUT2D eigenvalue weighted by atomic mass is 35.5. The first-order valence-electron chi connectivity index (χ1n) is 4.42. The molecule has 1 aliphatic carbocycles. The molecular formula is C10H9ClN2O. The van der Waals surface area contributed by atoms with Crippen molar-refractivity contribution in [2.45, 2.75) is 25.9 Å². The quantitative estimate of drug-likeness (QED) is 0.663. The minimum atomic E-state index is -0.519. The molecule has 4 heteroatoms. The maximum Gasteiger partial charge on any atom is 0.147 e. The summed E-state index contributed by atoms with van der Waals surface area (Å²) in [6.45, 7) is 1.85. The van der Waals surface area contributed by atoms with Crippen molar-refractivity contribution in [1.29, 1.82) is 5.26 Å². The Labute approximate surface area is 87.0 Å². The molecule has 14 heavy (non-hydrogen) atoms. The lowest BCUT2D eigenvalue weighted by atomic mass is 10.0. The van der Waals surface area contributed by atoms with Crippen LogP contribution >= 0.6 is 11.6 Å². The number of aliphatic hydroxyl groups excluding tert-OH is 1. The predicted molar refractivity (Wildman–Crippen MR) is 52.0 cm³/mol. The normalized spacial score (nSPS) is 19.1. The summed E-state index contributed by atoms with van der Waals surface area (Å²) < 4.78 is 0. The van der Waals surface area contributed by atoms with Gasteiger partial charge < -0.3 is 5.11 Å². The molecule has 1 heterocycles. The molecule has 0 saturated heterocycles. The average Bonchev–Trinajstić information content (AvgIpc) is 2.49. The second-order valence-electron chi connectivity index (χ2n) is 3.43. The number of aliphatic hydroxyl groups is 1. The molecule has 0 saturated carbocycles. The van der Waals surface area contributed by atoms with Crippen molar-refractivity contribution in [1.82, 2.24) is 4.98 Å². The molecular weight excluding hydrogens is 200 g/mol. The first-order valence-corrected chi connectivity index (χ1v) is 4.80. The molecule has 72 valence electrons. The van der Waals surface area contributed by atoms with Crippen molar-refractivity contribution in [3.8, 4) is 6.07 Å². The largest absolute Gasteiger partial charge is 0.387 e. The summed E-state index contributed by atoms with van der Waals surface area (Å²) in [4.78, 5) is 4.06. The van der Waals surface area contributed by atoms with Crippen molar-refractivity contribution >= 4 is 11.6 Å². The lowest BCUT2D eigenvalue weighted by molar-refractivity contribution is 0.176. The molecule has 1 aromatic rings. The molecule has 1 unspecified atom stereocenters. The van der Waals surface area contributed by atoms with Gasteiger partial charge in [-0.2, -0.15) is 5.26 Å². The zero-order valence-corrected chi connectivity index (χ0v) is 8.47. The maximum absolute atomic E-state index is 9.59. The molecule has 2 rings (SSSR count). The Balaban J connectivity index is 2.70. The van der Waals surface area contributed by atoms with Crippen LogP contribution in [0.5, 0.6) is 0 Å². The zero-order chi connectivity index (χ0) is 10.3. The van der Waals surface area contributed by atoms with E-state index >= 15 is 0 Å². The first-order chi connectivity index (χ1) is 6.65. The van der Waals surface area contributed by atoms with Gasteiger partial charge in [-0.1, -0.05) is 11.6 Å². The molecule has 0 radical (unpaired) electrons. The molecule has 0 fully saturated rings. The van der Waals surface area contributed by atoms with E-state index in [0.717, 1.165) is 17.5 Å². The van der Waals surface area contributed by atoms with Crippen LogP contribution in [0.15, 0.2) is 0 Å². The highest BCUT2D eigenvalue weighted by molar-refractivity contribution is 6.30. The third-order valence-corrected chi connectivity index (χ3v) is 2.93. The molecule has 1 aromatic heterocycles. The second kappa shape index (κ2) is 3.23. The van der Waals surface area contributed by atoms with Crippen molar-refractivity contribution < 1.29 is 5.11 Å². The van der Waals surface area contributed by atoms with E-state index in [-0.39, 0.29) is 5.15 Å². The zero-order valence-electron chi connectivity index (χ0n) is 7.71. The van der Waals surface area contributed by atoms with Crippen LogP contribution < -0.4 is 0 Å². The fourth-order valence-corrected chi connectivity index (χ4v) is 2.14. The molecule has 1 aliphatic rings. The van der Waals surface area contributed by atoms with E-state index in [1.54, 1.807) is 0 Å². The summed E-state index contributed by atoms with van der Waals surface area (Å²) in [6.07, 6.45) is 0.934. The van der Waals surface area contributed by atoms with Gasteiger partial charge in [-0.25, -0.2) is 4.98 Å². The number of pyridine rings is 1. The number of hydrogen-bond donors (Lipinski definition) is 1. The molecule has 0 aliphatic heterocycles. The molecule has 1 N–H and O–H groups in total. The van der Waals surface area contributed by atoms with Crippen LogP contribution in [-0.2, 0) is 6.42 Å². The van der Waals surface area contributed by atoms with E-state index in [4.69, 9.17) is 16.9 Å². The van der Waals surface area contributed by atoms with Gasteiger partial charge in [0.25, 0.3) is 0 Å². The number of rotatable bonds is 0. The number of nitrogens with zero attached hydrogens (tertiary/aromatic N) is 2. The van der Waals surface area contributed by atoms with Gasteiger partial charge >= 0.3 is 0 Å². The Kier molecular flexibility index (Phi) is 2.18. The van der Waals surface area contributed by atoms with E-state index < -0.39 is 6.10 Å². The van der Waals surface area contributed by atoms with Crippen molar-refractivity contribution in [3.63, 3.8) is 0 Å². The van der Waals surface area contributed by atoms with Crippen molar-refractivity contribution in [2.24, 2.45) is 0 Å². The highest BCUT2D eigenvalue weighted by Crippen LogP contribution is 2.34. The molecule has 0 spiro atoms. The highest BCUT2D eigenvalue weighted by Gasteiger charge is 2.26. The third kappa shape index (κ3) is 1.19. The second-order valence-corrected chi connectivity index (χ2v) is 3.79. The van der Waals surface area contributed by atoms with Crippen LogP contribution in [0.2, 0.25) is 5.15 Å². The van der Waals surface area contributed by atoms with Gasteiger partial charge in [0, 0.05) is 0 Å². The van der Waals surface area contributed by atoms with E-state index in [1.165, 1.54) is 0 Å². The van der Waals surface area contributed by atoms with Crippen LogP contribution in [0.3, 0.4) is 0 Å². The van der Waals surface area contributed by atoms with Gasteiger partial charge in [0.05, 0.1) is 17.4 Å². The van der Waals surface area contributed by atoms with Gasteiger partial charge in [0.15, 0.2) is 0 Å². The standard InChI is InChI=1S/C10H9ClN2O/c1-5-6-2-3-8(14)9(6)13-10(11)7(5)4-12/h8,14H,2-3H2,1H3. The first kappa shape index (κ1) is 9.45. The number of halogens is 1. The minimum Gasteiger partial charge on any atom is -0.387 e. The number of nitriles is 1. The predicted octanol–water partition coefficient (Wildman–Crippen LogP) is 1.89. The maximum atomic E-state index is 9.59. The Bertz CT molecular complexity index is 437. The smallest absolute Gasteiger partial charge is 0.147 e. The van der Waals surface area contributed by atoms with Gasteiger partial charge in [0.1, 0.15) is 11.2 Å². The fourth-order valence-electron chi connectivity index (χ4n) is 1.87. The number of hydrogen-bond acceptors (Lipinski definition) is 3. The van der Waals surface area contributed by atoms with Crippen LogP contribution in [0.1, 0.15) is 34.9 Å². The van der Waals surface area contributed by atoms with Gasteiger partial charge in [0.2, 0.25) is 0 Å². The van der Waals surface area contributed by atoms with E-state index in [0.29, 0.717) is 17.7 Å². The number of aromatic nitrogens is 1. The van der Waals surface area contributed by atoms with E-state index in [2.05, 4.69) is 4.98 Å². The Morgan fingerprint density at radius 1 is 1.64 bits per heavy atom. The Morgan fingerprint density at radius 3 is 3.00 bits per heavy atom. The third-order valence-electron chi connectivity index (χ3n) is 2.66. The monoisotopic (exact) mass is 208 g/mol. The molecule has 3 nitrogen and oxygen atoms in total. The molecule has 0 aromatic carbocycles. The van der Waals surface area contributed by atoms with Crippen LogP contribution in [0.25, 0.3) is 0 Å². The molecule has 0 amide bonds. The van der Waals surface area contributed by atoms with Gasteiger partial charge in [-0.15, -0.1) is 0 Å². The molecule has 0 bridgehead atoms. The lowest BCUT2D eigenvalue weighted by Gasteiger charge is -2.08. The fraction of sp³-hybridized carbons (Fsp3) is 0.400. The summed E-state index contributed by atoms with van der Waals surface area (Å²) >= 11 is 5.83. The van der Waals surface area contributed by atoms with Gasteiger partial charge in [-0.05, 0) is 30.9 Å². The summed E-state index contributed by atoms with van der Waals surface area (Å²) in [7, 11) is 0. The van der Waals surface area contributed by atoms with Crippen molar-refractivity contribution in [2.75, 3.05) is 0 Å². The topological polar surface area (TPSA) is 56.9 Å². The summed E-state index contributed by atoms with van der Waals surface area (Å²) in [6, 6.07) is 2.03. The Morgan fingerprint density at radius 2 is 2.36 bits per heavy atom. The lowest BCUT2D eigenvalue weighted by Crippen LogP contribution is -2.00. The SMILES string of the molecule is Cc1c(C#N)c(Cl)nc2c1CCC2O. The van der Waals surface area contributed by atoms with E-state index in [1.807, 2.05) is 13.0 Å². The van der Waals surface area contributed by atoms with Crippen LogP contribution in [0.4, 0.5) is 0 Å². The molecule has 1 atom stereocenters.